The second kappa shape index (κ2) is 3.24. The van der Waals surface area contributed by atoms with Crippen LogP contribution in [0.1, 0.15) is 24.2 Å². The van der Waals surface area contributed by atoms with Crippen molar-refractivity contribution in [2.24, 2.45) is 0 Å². The van der Waals surface area contributed by atoms with Gasteiger partial charge < -0.3 is 10.2 Å². The summed E-state index contributed by atoms with van der Waals surface area (Å²) in [6.07, 6.45) is -0.613. The Morgan fingerprint density at radius 2 is 2.17 bits per heavy atom. The normalized spacial score (nSPS) is 12.1. The number of rotatable bonds is 1. The lowest BCUT2D eigenvalue weighted by Crippen LogP contribution is -1.91. The van der Waals surface area contributed by atoms with Crippen LogP contribution in [0, 0.1) is 11.3 Å². The highest BCUT2D eigenvalue weighted by Crippen LogP contribution is 2.20. The molecule has 0 fully saturated rings. The summed E-state index contributed by atoms with van der Waals surface area (Å²) in [5.74, 6) is -0.0538. The lowest BCUT2D eigenvalue weighted by atomic mass is 10.1. The zero-order valence-electron chi connectivity index (χ0n) is 6.65. The van der Waals surface area contributed by atoms with Crippen LogP contribution in [0.25, 0.3) is 0 Å². The van der Waals surface area contributed by atoms with Crippen molar-refractivity contribution in [2.75, 3.05) is 0 Å². The van der Waals surface area contributed by atoms with Gasteiger partial charge in [-0.1, -0.05) is 6.07 Å². The predicted molar refractivity (Wildman–Crippen MR) is 43.5 cm³/mol. The number of phenolic OH excluding ortho intramolecular Hbond substituents is 1. The van der Waals surface area contributed by atoms with Gasteiger partial charge in [0.15, 0.2) is 0 Å². The van der Waals surface area contributed by atoms with Gasteiger partial charge in [0.1, 0.15) is 11.8 Å². The van der Waals surface area contributed by atoms with E-state index in [4.69, 9.17) is 15.5 Å². The number of aromatic hydroxyl groups is 1. The van der Waals surface area contributed by atoms with Crippen molar-refractivity contribution in [3.63, 3.8) is 0 Å². The van der Waals surface area contributed by atoms with E-state index < -0.39 is 6.10 Å². The molecule has 2 N–H and O–H groups in total. The molecule has 1 atom stereocenters. The van der Waals surface area contributed by atoms with E-state index in [0.29, 0.717) is 5.56 Å². The van der Waals surface area contributed by atoms with E-state index in [1.807, 2.05) is 6.07 Å². The van der Waals surface area contributed by atoms with Gasteiger partial charge in [0.25, 0.3) is 0 Å². The molecule has 1 unspecified atom stereocenters. The molecule has 3 heteroatoms. The van der Waals surface area contributed by atoms with E-state index in [1.54, 1.807) is 13.0 Å². The predicted octanol–water partition coefficient (Wildman–Crippen LogP) is 1.32. The Bertz CT molecular complexity index is 326. The first-order valence-corrected chi connectivity index (χ1v) is 3.56. The van der Waals surface area contributed by atoms with Gasteiger partial charge in [0, 0.05) is 0 Å². The van der Waals surface area contributed by atoms with Crippen molar-refractivity contribution >= 4 is 0 Å². The molecule has 0 aliphatic carbocycles. The molecule has 0 aromatic heterocycles. The van der Waals surface area contributed by atoms with Gasteiger partial charge in [-0.15, -0.1) is 0 Å². The number of nitriles is 1. The third kappa shape index (κ3) is 1.55. The molecule has 1 rings (SSSR count). The van der Waals surface area contributed by atoms with Gasteiger partial charge in [-0.05, 0) is 24.6 Å². The van der Waals surface area contributed by atoms with Crippen molar-refractivity contribution < 1.29 is 10.2 Å². The minimum Gasteiger partial charge on any atom is -0.507 e. The topological polar surface area (TPSA) is 64.2 Å². The number of hydrogen-bond acceptors (Lipinski definition) is 3. The molecule has 12 heavy (non-hydrogen) atoms. The Labute approximate surface area is 70.5 Å². The van der Waals surface area contributed by atoms with E-state index in [9.17, 15) is 0 Å². The first-order valence-electron chi connectivity index (χ1n) is 3.56. The number of benzene rings is 1. The minimum absolute atomic E-state index is 0.0538. The fourth-order valence-corrected chi connectivity index (χ4v) is 0.903. The van der Waals surface area contributed by atoms with Crippen LogP contribution in [-0.4, -0.2) is 10.2 Å². The number of phenols is 1. The summed E-state index contributed by atoms with van der Waals surface area (Å²) in [5.41, 5.74) is 0.817. The molecule has 1 aromatic rings. The average Bonchev–Trinajstić information content (AvgIpc) is 2.05. The second-order valence-corrected chi connectivity index (χ2v) is 2.56. The molecule has 0 saturated carbocycles. The van der Waals surface area contributed by atoms with Crippen molar-refractivity contribution in [3.8, 4) is 11.8 Å². The van der Waals surface area contributed by atoms with Gasteiger partial charge in [0.05, 0.1) is 11.7 Å². The summed E-state index contributed by atoms with van der Waals surface area (Å²) in [4.78, 5) is 0. The SMILES string of the molecule is CC(O)c1ccc(O)c(C#N)c1. The van der Waals surface area contributed by atoms with E-state index in [0.717, 1.165) is 0 Å². The van der Waals surface area contributed by atoms with Gasteiger partial charge >= 0.3 is 0 Å². The van der Waals surface area contributed by atoms with Gasteiger partial charge in [0.2, 0.25) is 0 Å². The van der Waals surface area contributed by atoms with Crippen molar-refractivity contribution in [2.45, 2.75) is 13.0 Å². The second-order valence-electron chi connectivity index (χ2n) is 2.56. The first-order chi connectivity index (χ1) is 5.65. The van der Waals surface area contributed by atoms with E-state index in [-0.39, 0.29) is 11.3 Å². The summed E-state index contributed by atoms with van der Waals surface area (Å²) in [6, 6.07) is 6.29. The highest BCUT2D eigenvalue weighted by Gasteiger charge is 2.04. The molecular weight excluding hydrogens is 154 g/mol. The van der Waals surface area contributed by atoms with E-state index >= 15 is 0 Å². The maximum Gasteiger partial charge on any atom is 0.133 e. The third-order valence-electron chi connectivity index (χ3n) is 1.62. The van der Waals surface area contributed by atoms with Crippen LogP contribution in [-0.2, 0) is 0 Å². The average molecular weight is 163 g/mol. The lowest BCUT2D eigenvalue weighted by molar-refractivity contribution is 0.199. The maximum atomic E-state index is 9.14. The smallest absolute Gasteiger partial charge is 0.133 e. The first kappa shape index (κ1) is 8.57. The van der Waals surface area contributed by atoms with Crippen molar-refractivity contribution in [1.82, 2.24) is 0 Å². The zero-order chi connectivity index (χ0) is 9.14. The van der Waals surface area contributed by atoms with Gasteiger partial charge in [-0.2, -0.15) is 5.26 Å². The third-order valence-corrected chi connectivity index (χ3v) is 1.62. The highest BCUT2D eigenvalue weighted by atomic mass is 16.3. The van der Waals surface area contributed by atoms with Crippen LogP contribution in [0.5, 0.6) is 5.75 Å². The van der Waals surface area contributed by atoms with Crippen molar-refractivity contribution in [1.29, 1.82) is 5.26 Å². The Morgan fingerprint density at radius 1 is 1.50 bits per heavy atom. The molecule has 0 radical (unpaired) electrons. The molecule has 62 valence electrons. The molecule has 0 spiro atoms. The Morgan fingerprint density at radius 3 is 2.67 bits per heavy atom. The fourth-order valence-electron chi connectivity index (χ4n) is 0.903. The number of hydrogen-bond donors (Lipinski definition) is 2. The van der Waals surface area contributed by atoms with Crippen molar-refractivity contribution in [3.05, 3.63) is 29.3 Å². The summed E-state index contributed by atoms with van der Waals surface area (Å²) < 4.78 is 0. The largest absolute Gasteiger partial charge is 0.507 e. The molecule has 0 heterocycles. The Balaban J connectivity index is 3.16. The summed E-state index contributed by atoms with van der Waals surface area (Å²) in [6.45, 7) is 1.60. The number of aliphatic hydroxyl groups is 1. The van der Waals surface area contributed by atoms with Crippen LogP contribution < -0.4 is 0 Å². The summed E-state index contributed by atoms with van der Waals surface area (Å²) in [5, 5.41) is 26.8. The molecular formula is C9H9NO2. The van der Waals surface area contributed by atoms with Crippen LogP contribution in [0.3, 0.4) is 0 Å². The van der Waals surface area contributed by atoms with Gasteiger partial charge in [-0.25, -0.2) is 0 Å². The molecule has 3 nitrogen and oxygen atoms in total. The van der Waals surface area contributed by atoms with Crippen LogP contribution in [0.15, 0.2) is 18.2 Å². The molecule has 1 aromatic carbocycles. The number of nitrogens with zero attached hydrogens (tertiary/aromatic N) is 1. The lowest BCUT2D eigenvalue weighted by Gasteiger charge is -2.04. The molecule has 0 bridgehead atoms. The molecule has 0 aliphatic rings. The molecule has 0 aliphatic heterocycles. The Kier molecular flexibility index (Phi) is 2.32. The molecule has 0 saturated heterocycles. The molecule has 0 amide bonds. The zero-order valence-corrected chi connectivity index (χ0v) is 6.65. The van der Waals surface area contributed by atoms with E-state index in [2.05, 4.69) is 0 Å². The standard InChI is InChI=1S/C9H9NO2/c1-6(11)7-2-3-9(12)8(4-7)5-10/h2-4,6,11-12H,1H3. The highest BCUT2D eigenvalue weighted by molar-refractivity contribution is 5.44. The summed E-state index contributed by atoms with van der Waals surface area (Å²) >= 11 is 0. The van der Waals surface area contributed by atoms with Crippen LogP contribution in [0.4, 0.5) is 0 Å². The van der Waals surface area contributed by atoms with E-state index in [1.165, 1.54) is 12.1 Å². The van der Waals surface area contributed by atoms with Crippen LogP contribution in [0.2, 0.25) is 0 Å². The fraction of sp³-hybridized carbons (Fsp3) is 0.222. The van der Waals surface area contributed by atoms with Gasteiger partial charge in [-0.3, -0.25) is 0 Å². The Hall–Kier alpha value is -1.53. The number of aliphatic hydroxyl groups excluding tert-OH is 1. The monoisotopic (exact) mass is 163 g/mol. The quantitative estimate of drug-likeness (QED) is 0.656. The summed E-state index contributed by atoms with van der Waals surface area (Å²) in [7, 11) is 0. The van der Waals surface area contributed by atoms with Crippen LogP contribution >= 0.6 is 0 Å². The maximum absolute atomic E-state index is 9.14. The minimum atomic E-state index is -0.613.